The summed E-state index contributed by atoms with van der Waals surface area (Å²) in [7, 11) is 1.99. The lowest BCUT2D eigenvalue weighted by molar-refractivity contribution is -0.659. The van der Waals surface area contributed by atoms with Gasteiger partial charge in [0.05, 0.1) is 12.3 Å². The van der Waals surface area contributed by atoms with E-state index in [0.29, 0.717) is 24.1 Å². The smallest absolute Gasteiger partial charge is 0.200 e. The number of benzene rings is 2. The monoisotopic (exact) mass is 456 g/mol. The Hall–Kier alpha value is -2.15. The molecule has 0 unspecified atom stereocenters. The van der Waals surface area contributed by atoms with E-state index in [2.05, 4.69) is 58.0 Å². The molecule has 2 aliphatic rings. The Morgan fingerprint density at radius 1 is 0.853 bits per heavy atom. The largest absolute Gasteiger partial charge is 0.220 e. The van der Waals surface area contributed by atoms with Crippen LogP contribution in [-0.4, -0.2) is 0 Å². The first-order valence-corrected chi connectivity index (χ1v) is 13.7. The summed E-state index contributed by atoms with van der Waals surface area (Å²) in [5.74, 6) is 1.30. The van der Waals surface area contributed by atoms with Crippen LogP contribution in [0.1, 0.15) is 122 Å². The summed E-state index contributed by atoms with van der Waals surface area (Å²) in [6.07, 6.45) is 13.6. The average Bonchev–Trinajstić information content (AvgIpc) is 2.88. The van der Waals surface area contributed by atoms with Crippen molar-refractivity contribution in [3.8, 4) is 11.3 Å². The van der Waals surface area contributed by atoms with Crippen molar-refractivity contribution in [2.45, 2.75) is 109 Å². The lowest BCUT2D eigenvalue weighted by atomic mass is 9.76. The molecule has 1 aromatic heterocycles. The van der Waals surface area contributed by atoms with E-state index in [1.165, 1.54) is 86.5 Å². The van der Waals surface area contributed by atoms with Gasteiger partial charge in [-0.2, -0.15) is 0 Å². The highest BCUT2D eigenvalue weighted by atomic mass is 14.9. The second-order valence-corrected chi connectivity index (χ2v) is 12.1. The first kappa shape index (κ1) is 21.2. The maximum Gasteiger partial charge on any atom is 0.220 e. The number of hydrogen-bond donors (Lipinski definition) is 0. The number of nitrogens with zero attached hydrogens (tertiary/aromatic N) is 1. The maximum atomic E-state index is 8.89. The molecule has 2 saturated carbocycles. The maximum absolute atomic E-state index is 8.89. The molecule has 2 aromatic carbocycles. The van der Waals surface area contributed by atoms with Crippen molar-refractivity contribution in [2.24, 2.45) is 7.05 Å². The third kappa shape index (κ3) is 4.56. The minimum absolute atomic E-state index is 0.00593. The topological polar surface area (TPSA) is 3.88 Å². The fourth-order valence-corrected chi connectivity index (χ4v) is 6.54. The van der Waals surface area contributed by atoms with Crippen LogP contribution >= 0.6 is 0 Å². The highest BCUT2D eigenvalue weighted by Crippen LogP contribution is 2.42. The van der Waals surface area contributed by atoms with Gasteiger partial charge in [-0.3, -0.25) is 0 Å². The summed E-state index contributed by atoms with van der Waals surface area (Å²) in [5.41, 5.74) is 8.06. The molecule has 0 saturated heterocycles. The Kier molecular flexibility index (Phi) is 5.90. The Morgan fingerprint density at radius 2 is 1.50 bits per heavy atom. The van der Waals surface area contributed by atoms with E-state index in [9.17, 15) is 0 Å². The summed E-state index contributed by atoms with van der Waals surface area (Å²) in [6.45, 7) is 8.98. The molecule has 5 rings (SSSR count). The van der Waals surface area contributed by atoms with Gasteiger partial charge in [-0.05, 0) is 89.6 Å². The zero-order valence-corrected chi connectivity index (χ0v) is 22.1. The molecular weight excluding hydrogens is 410 g/mol. The van der Waals surface area contributed by atoms with E-state index in [0.717, 1.165) is 16.5 Å². The third-order valence-electron chi connectivity index (χ3n) is 8.68. The quantitative estimate of drug-likeness (QED) is 0.346. The Bertz CT molecular complexity index is 1270. The summed E-state index contributed by atoms with van der Waals surface area (Å²) in [5, 5.41) is 2.01. The molecule has 1 nitrogen and oxygen atoms in total. The van der Waals surface area contributed by atoms with E-state index in [-0.39, 0.29) is 5.41 Å². The van der Waals surface area contributed by atoms with Crippen LogP contribution in [0.25, 0.3) is 22.0 Å². The lowest BCUT2D eigenvalue weighted by Crippen LogP contribution is -2.31. The highest BCUT2D eigenvalue weighted by Gasteiger charge is 2.27. The molecule has 0 aliphatic heterocycles. The predicted molar refractivity (Wildman–Crippen MR) is 146 cm³/mol. The van der Waals surface area contributed by atoms with Crippen LogP contribution in [0.4, 0.5) is 0 Å². The van der Waals surface area contributed by atoms with Gasteiger partial charge in [0.25, 0.3) is 0 Å². The fraction of sp³-hybridized carbons (Fsp3) is 0.545. The second-order valence-electron chi connectivity index (χ2n) is 12.1. The van der Waals surface area contributed by atoms with Crippen LogP contribution < -0.4 is 4.57 Å². The number of rotatable bonds is 3. The lowest BCUT2D eigenvalue weighted by Gasteiger charge is -2.28. The second kappa shape index (κ2) is 9.48. The van der Waals surface area contributed by atoms with Gasteiger partial charge in [0, 0.05) is 6.04 Å². The third-order valence-corrected chi connectivity index (χ3v) is 8.68. The summed E-state index contributed by atoms with van der Waals surface area (Å²) in [4.78, 5) is 0. The molecule has 34 heavy (non-hydrogen) atoms. The Balaban J connectivity index is 1.78. The summed E-state index contributed by atoms with van der Waals surface area (Å²) < 4.78 is 19.7. The van der Waals surface area contributed by atoms with Gasteiger partial charge >= 0.3 is 0 Å². The van der Waals surface area contributed by atoms with Gasteiger partial charge in [-0.15, -0.1) is 0 Å². The van der Waals surface area contributed by atoms with E-state index < -0.39 is 0 Å². The molecule has 0 atom stereocenters. The van der Waals surface area contributed by atoms with Crippen molar-refractivity contribution >= 4 is 10.8 Å². The molecule has 0 radical (unpaired) electrons. The molecule has 3 aromatic rings. The van der Waals surface area contributed by atoms with Crippen molar-refractivity contribution in [1.82, 2.24) is 0 Å². The molecule has 0 amide bonds. The van der Waals surface area contributed by atoms with Crippen LogP contribution in [-0.2, 0) is 12.5 Å². The molecular formula is C33H44N+. The Morgan fingerprint density at radius 3 is 2.15 bits per heavy atom. The molecule has 180 valence electrons. The average molecular weight is 457 g/mol. The van der Waals surface area contributed by atoms with Crippen LogP contribution in [0.5, 0.6) is 0 Å². The fourth-order valence-electron chi connectivity index (χ4n) is 6.54. The van der Waals surface area contributed by atoms with Crippen LogP contribution in [0.15, 0.2) is 42.5 Å². The van der Waals surface area contributed by atoms with E-state index in [1.807, 2.05) is 11.6 Å². The predicted octanol–water partition coefficient (Wildman–Crippen LogP) is 9.03. The van der Waals surface area contributed by atoms with E-state index in [4.69, 9.17) is 2.74 Å². The zero-order valence-electron chi connectivity index (χ0n) is 24.1. The first-order valence-electron chi connectivity index (χ1n) is 14.7. The van der Waals surface area contributed by atoms with Gasteiger partial charge in [0.15, 0.2) is 6.17 Å². The Labute approximate surface area is 210 Å². The van der Waals surface area contributed by atoms with Gasteiger partial charge < -0.3 is 0 Å². The standard InChI is InChI=1S/C33H44N/c1-23-30(25-14-10-7-11-15-25)21-27(24-12-8-6-9-13-24)22-31(23)32-29-17-16-28(33(2,3)4)20-26(29)18-19-34(32)5/h16-22,24-25H,6-15H2,1-5H3/q+1/i18D,19D. The number of pyridine rings is 1. The van der Waals surface area contributed by atoms with Crippen molar-refractivity contribution in [3.05, 3.63) is 64.8 Å². The first-order chi connectivity index (χ1) is 17.2. The van der Waals surface area contributed by atoms with Gasteiger partial charge in [-0.1, -0.05) is 77.5 Å². The van der Waals surface area contributed by atoms with Crippen molar-refractivity contribution in [2.75, 3.05) is 0 Å². The van der Waals surface area contributed by atoms with Crippen LogP contribution in [0, 0.1) is 6.92 Å². The van der Waals surface area contributed by atoms with Gasteiger partial charge in [-0.25, -0.2) is 4.57 Å². The van der Waals surface area contributed by atoms with E-state index >= 15 is 0 Å². The SMILES string of the molecule is [2H]c1c([2H])[n+](C)c(-c2cc(C3CCCCC3)cc(C3CCCCC3)c2C)c2ccc(C(C)(C)C)cc12. The zero-order chi connectivity index (χ0) is 25.6. The van der Waals surface area contributed by atoms with Crippen molar-refractivity contribution < 1.29 is 7.31 Å². The molecule has 0 spiro atoms. The minimum atomic E-state index is 0.00593. The van der Waals surface area contributed by atoms with Gasteiger partial charge in [0.1, 0.15) is 8.42 Å². The molecule has 0 N–H and O–H groups in total. The molecule has 0 bridgehead atoms. The molecule has 2 aliphatic carbocycles. The summed E-state index contributed by atoms with van der Waals surface area (Å²) in [6, 6.07) is 12.0. The molecule has 1 heteroatoms. The number of hydrogen-bond acceptors (Lipinski definition) is 0. The molecule has 1 heterocycles. The van der Waals surface area contributed by atoms with Crippen LogP contribution in [0.2, 0.25) is 0 Å². The van der Waals surface area contributed by atoms with E-state index in [1.54, 1.807) is 5.56 Å². The number of fused-ring (bicyclic) bond motifs is 1. The number of aromatic nitrogens is 1. The van der Waals surface area contributed by atoms with Crippen molar-refractivity contribution in [3.63, 3.8) is 0 Å². The van der Waals surface area contributed by atoms with Crippen molar-refractivity contribution in [1.29, 1.82) is 0 Å². The highest BCUT2D eigenvalue weighted by molar-refractivity contribution is 5.94. The minimum Gasteiger partial charge on any atom is -0.200 e. The van der Waals surface area contributed by atoms with Crippen LogP contribution in [0.3, 0.4) is 0 Å². The normalized spacial score (nSPS) is 19.3. The summed E-state index contributed by atoms with van der Waals surface area (Å²) >= 11 is 0. The molecule has 2 fully saturated rings. The van der Waals surface area contributed by atoms with Gasteiger partial charge in [0.2, 0.25) is 5.69 Å².